The van der Waals surface area contributed by atoms with Gasteiger partial charge in [0.05, 0.1) is 29.7 Å². The molecule has 1 atom stereocenters. The number of aromatic nitrogens is 3. The Morgan fingerprint density at radius 3 is 2.88 bits per heavy atom. The third-order valence-electron chi connectivity index (χ3n) is 7.09. The number of rotatable bonds is 5. The molecule has 1 fully saturated rings. The van der Waals surface area contributed by atoms with Gasteiger partial charge < -0.3 is 14.9 Å². The molecular weight excluding hydrogens is 400 g/mol. The number of aliphatic hydroxyl groups excluding tert-OH is 1. The van der Waals surface area contributed by atoms with Crippen molar-refractivity contribution in [3.05, 3.63) is 59.2 Å². The molecule has 0 amide bonds. The summed E-state index contributed by atoms with van der Waals surface area (Å²) in [7, 11) is 4.35. The van der Waals surface area contributed by atoms with E-state index in [1.54, 1.807) is 0 Å². The summed E-state index contributed by atoms with van der Waals surface area (Å²) in [6, 6.07) is 10.8. The number of nitrogens with zero attached hydrogens (tertiary/aromatic N) is 6. The lowest BCUT2D eigenvalue weighted by molar-refractivity contribution is 0.203. The van der Waals surface area contributed by atoms with Gasteiger partial charge in [-0.2, -0.15) is 0 Å². The Morgan fingerprint density at radius 1 is 1.09 bits per heavy atom. The monoisotopic (exact) mass is 434 g/mol. The predicted molar refractivity (Wildman–Crippen MR) is 127 cm³/mol. The van der Waals surface area contributed by atoms with Crippen LogP contribution in [0, 0.1) is 0 Å². The summed E-state index contributed by atoms with van der Waals surface area (Å²) < 4.78 is 2.17. The van der Waals surface area contributed by atoms with E-state index in [1.807, 2.05) is 18.3 Å². The van der Waals surface area contributed by atoms with E-state index in [4.69, 9.17) is 9.97 Å². The van der Waals surface area contributed by atoms with Crippen LogP contribution in [0.5, 0.6) is 0 Å². The number of likely N-dealkylation sites (N-methyl/N-ethyl adjacent to an activating group) is 1. The first kappa shape index (κ1) is 21.4. The smallest absolute Gasteiger partial charge is 0.138 e. The molecule has 3 aromatic heterocycles. The molecule has 5 rings (SSSR count). The highest BCUT2D eigenvalue weighted by Crippen LogP contribution is 2.33. The van der Waals surface area contributed by atoms with E-state index in [-0.39, 0.29) is 12.6 Å². The molecule has 1 aliphatic carbocycles. The Kier molecular flexibility index (Phi) is 6.13. The molecule has 7 nitrogen and oxygen atoms in total. The average Bonchev–Trinajstić information content (AvgIpc) is 3.03. The van der Waals surface area contributed by atoms with Gasteiger partial charge in [0.15, 0.2) is 0 Å². The van der Waals surface area contributed by atoms with Crippen molar-refractivity contribution in [1.82, 2.24) is 24.2 Å². The van der Waals surface area contributed by atoms with E-state index in [0.717, 1.165) is 68.3 Å². The molecule has 0 unspecified atom stereocenters. The Hall–Kier alpha value is -2.48. The fourth-order valence-corrected chi connectivity index (χ4v) is 5.35. The standard InChI is InChI=1S/C25H34N6O/c1-28-13-6-14-30(16-15-28)24-11-4-10-23-27-20(22(18-32)31(23)24)17-29(2)21-9-3-7-19-8-5-12-26-25(19)21/h4-5,8,10-12,21,32H,3,6-7,9,13-18H2,1-2H3/t21-/m0/s1. The molecule has 1 aliphatic heterocycles. The highest BCUT2D eigenvalue weighted by Gasteiger charge is 2.27. The maximum Gasteiger partial charge on any atom is 0.138 e. The highest BCUT2D eigenvalue weighted by molar-refractivity contribution is 5.55. The summed E-state index contributed by atoms with van der Waals surface area (Å²) in [5.74, 6) is 1.13. The number of imidazole rings is 1. The van der Waals surface area contributed by atoms with E-state index < -0.39 is 0 Å². The molecule has 0 aromatic carbocycles. The molecule has 0 spiro atoms. The summed E-state index contributed by atoms with van der Waals surface area (Å²) in [6.45, 7) is 4.85. The van der Waals surface area contributed by atoms with Gasteiger partial charge >= 0.3 is 0 Å². The van der Waals surface area contributed by atoms with Crippen LogP contribution in [-0.2, 0) is 19.6 Å². The summed E-state index contributed by atoms with van der Waals surface area (Å²) in [5, 5.41) is 10.4. The Bertz CT molecular complexity index is 1080. The van der Waals surface area contributed by atoms with Crippen molar-refractivity contribution in [3.63, 3.8) is 0 Å². The van der Waals surface area contributed by atoms with Crippen LogP contribution >= 0.6 is 0 Å². The van der Waals surface area contributed by atoms with Crippen molar-refractivity contribution in [2.24, 2.45) is 0 Å². The first-order valence-corrected chi connectivity index (χ1v) is 11.8. The maximum atomic E-state index is 10.4. The molecule has 170 valence electrons. The third kappa shape index (κ3) is 4.00. The zero-order chi connectivity index (χ0) is 22.1. The van der Waals surface area contributed by atoms with Crippen molar-refractivity contribution in [3.8, 4) is 0 Å². The maximum absolute atomic E-state index is 10.4. The number of pyridine rings is 2. The fourth-order valence-electron chi connectivity index (χ4n) is 5.35. The Morgan fingerprint density at radius 2 is 2.00 bits per heavy atom. The second-order valence-corrected chi connectivity index (χ2v) is 9.26. The lowest BCUT2D eigenvalue weighted by atomic mass is 9.91. The van der Waals surface area contributed by atoms with Crippen molar-refractivity contribution in [1.29, 1.82) is 0 Å². The fraction of sp³-hybridized carbons (Fsp3) is 0.520. The van der Waals surface area contributed by atoms with Gasteiger partial charge in [0.25, 0.3) is 0 Å². The highest BCUT2D eigenvalue weighted by atomic mass is 16.3. The van der Waals surface area contributed by atoms with Gasteiger partial charge in [-0.3, -0.25) is 14.3 Å². The summed E-state index contributed by atoms with van der Waals surface area (Å²) in [4.78, 5) is 16.9. The first-order valence-electron chi connectivity index (χ1n) is 11.8. The lowest BCUT2D eigenvalue weighted by Gasteiger charge is -2.32. The van der Waals surface area contributed by atoms with Crippen LogP contribution < -0.4 is 4.90 Å². The van der Waals surface area contributed by atoms with Crippen LogP contribution in [-0.4, -0.2) is 69.5 Å². The van der Waals surface area contributed by atoms with Crippen LogP contribution in [0.1, 0.15) is 47.9 Å². The number of hydrogen-bond acceptors (Lipinski definition) is 6. The van der Waals surface area contributed by atoms with Crippen LogP contribution in [0.3, 0.4) is 0 Å². The molecule has 1 N–H and O–H groups in total. The van der Waals surface area contributed by atoms with Crippen LogP contribution in [0.4, 0.5) is 5.82 Å². The first-order chi connectivity index (χ1) is 15.7. The Labute approximate surface area is 190 Å². The number of anilines is 1. The quantitative estimate of drug-likeness (QED) is 0.666. The third-order valence-corrected chi connectivity index (χ3v) is 7.09. The number of fused-ring (bicyclic) bond motifs is 2. The zero-order valence-electron chi connectivity index (χ0n) is 19.2. The molecule has 0 radical (unpaired) electrons. The SMILES string of the molecule is CN1CCCN(c2cccc3nc(CN(C)[C@H]4CCCc5cccnc54)c(CO)n23)CC1. The minimum atomic E-state index is -0.0192. The van der Waals surface area contributed by atoms with Crippen LogP contribution in [0.2, 0.25) is 0 Å². The normalized spacial score (nSPS) is 20.0. The van der Waals surface area contributed by atoms with Crippen molar-refractivity contribution >= 4 is 11.5 Å². The van der Waals surface area contributed by atoms with Gasteiger partial charge in [0.1, 0.15) is 11.5 Å². The predicted octanol–water partition coefficient (Wildman–Crippen LogP) is 2.87. The minimum Gasteiger partial charge on any atom is -0.390 e. The van der Waals surface area contributed by atoms with Gasteiger partial charge in [-0.1, -0.05) is 12.1 Å². The molecule has 4 heterocycles. The van der Waals surface area contributed by atoms with Gasteiger partial charge in [0, 0.05) is 32.4 Å². The molecular formula is C25H34N6O. The average molecular weight is 435 g/mol. The second kappa shape index (κ2) is 9.17. The van der Waals surface area contributed by atoms with E-state index >= 15 is 0 Å². The summed E-state index contributed by atoms with van der Waals surface area (Å²) in [5.41, 5.74) is 5.33. The van der Waals surface area contributed by atoms with Gasteiger partial charge in [-0.25, -0.2) is 4.98 Å². The molecule has 0 bridgehead atoms. The van der Waals surface area contributed by atoms with Crippen LogP contribution in [0.15, 0.2) is 36.5 Å². The van der Waals surface area contributed by atoms with Gasteiger partial charge in [-0.05, 0) is 70.1 Å². The number of hydrogen-bond donors (Lipinski definition) is 1. The topological polar surface area (TPSA) is 60.1 Å². The number of aliphatic hydroxyl groups is 1. The van der Waals surface area contributed by atoms with Crippen molar-refractivity contribution in [2.75, 3.05) is 45.2 Å². The van der Waals surface area contributed by atoms with Crippen LogP contribution in [0.25, 0.3) is 5.65 Å². The second-order valence-electron chi connectivity index (χ2n) is 9.26. The molecule has 32 heavy (non-hydrogen) atoms. The Balaban J connectivity index is 1.46. The summed E-state index contributed by atoms with van der Waals surface area (Å²) >= 11 is 0. The van der Waals surface area contributed by atoms with Gasteiger partial charge in [-0.15, -0.1) is 0 Å². The van der Waals surface area contributed by atoms with E-state index in [9.17, 15) is 5.11 Å². The molecule has 3 aromatic rings. The van der Waals surface area contributed by atoms with E-state index in [0.29, 0.717) is 6.54 Å². The molecule has 7 heteroatoms. The van der Waals surface area contributed by atoms with E-state index in [1.165, 1.54) is 17.7 Å². The largest absolute Gasteiger partial charge is 0.390 e. The van der Waals surface area contributed by atoms with E-state index in [2.05, 4.69) is 51.4 Å². The molecule has 1 saturated heterocycles. The summed E-state index contributed by atoms with van der Waals surface area (Å²) in [6.07, 6.45) is 6.44. The van der Waals surface area contributed by atoms with Gasteiger partial charge in [0.2, 0.25) is 0 Å². The molecule has 2 aliphatic rings. The lowest BCUT2D eigenvalue weighted by Crippen LogP contribution is -2.30. The zero-order valence-corrected chi connectivity index (χ0v) is 19.2. The minimum absolute atomic E-state index is 0.0192. The number of aryl methyl sites for hydroxylation is 1. The molecule has 0 saturated carbocycles. The van der Waals surface area contributed by atoms with Crippen molar-refractivity contribution < 1.29 is 5.11 Å². The van der Waals surface area contributed by atoms with Crippen molar-refractivity contribution in [2.45, 2.75) is 44.9 Å².